The van der Waals surface area contributed by atoms with E-state index in [0.717, 1.165) is 0 Å². The fraction of sp³-hybridized carbons (Fsp3) is 0.467. The van der Waals surface area contributed by atoms with Crippen molar-refractivity contribution in [3.05, 3.63) is 48.2 Å². The van der Waals surface area contributed by atoms with Crippen LogP contribution in [0.5, 0.6) is 5.75 Å². The number of alkyl halides is 3. The lowest BCUT2D eigenvalue weighted by Gasteiger charge is -2.23. The van der Waals surface area contributed by atoms with Crippen LogP contribution in [-0.2, 0) is 25.1 Å². The minimum Gasteiger partial charge on any atom is -0.492 e. The number of benzene rings is 1. The van der Waals surface area contributed by atoms with Crippen LogP contribution < -0.4 is 20.5 Å². The Morgan fingerprint density at radius 2 is 1.63 bits per heavy atom. The number of carbonyl (C=O) groups is 2. The number of aromatic nitrogens is 3. The van der Waals surface area contributed by atoms with E-state index in [1.165, 1.54) is 30.5 Å². The Bertz CT molecular complexity index is 1630. The van der Waals surface area contributed by atoms with Gasteiger partial charge in [-0.1, -0.05) is 12.1 Å². The number of nitrogens with one attached hydrogen (secondary N) is 2. The van der Waals surface area contributed by atoms with E-state index < -0.39 is 39.0 Å². The second kappa shape index (κ2) is 14.0. The Morgan fingerprint density at radius 3 is 2.15 bits per heavy atom. The van der Waals surface area contributed by atoms with E-state index in [0.29, 0.717) is 36.6 Å². The molecule has 16 heteroatoms. The molecule has 3 rings (SSSR count). The summed E-state index contributed by atoms with van der Waals surface area (Å²) in [6.07, 6.45) is -1.88. The van der Waals surface area contributed by atoms with Gasteiger partial charge >= 0.3 is 12.1 Å². The molecule has 252 valence electrons. The molecule has 1 amide bonds. The quantitative estimate of drug-likeness (QED) is 0.152. The molecule has 0 unspecified atom stereocenters. The molecule has 0 aliphatic carbocycles. The van der Waals surface area contributed by atoms with Crippen LogP contribution in [0.1, 0.15) is 71.2 Å². The third-order valence-electron chi connectivity index (χ3n) is 6.00. The summed E-state index contributed by atoms with van der Waals surface area (Å²) in [6, 6.07) is 8.67. The molecule has 0 saturated heterocycles. The third kappa shape index (κ3) is 10.9. The number of hydrogen-bond acceptors (Lipinski definition) is 9. The minimum atomic E-state index is -4.90. The highest BCUT2D eigenvalue weighted by Gasteiger charge is 2.35. The fourth-order valence-corrected chi connectivity index (χ4v) is 5.19. The lowest BCUT2D eigenvalue weighted by atomic mass is 10.1. The average Bonchev–Trinajstić information content (AvgIpc) is 3.27. The summed E-state index contributed by atoms with van der Waals surface area (Å²) in [7, 11) is -4.68. The Hall–Kier alpha value is -4.34. The van der Waals surface area contributed by atoms with Gasteiger partial charge in [-0.3, -0.25) is 14.3 Å². The number of sulfonamides is 1. The van der Waals surface area contributed by atoms with E-state index in [1.807, 2.05) is 46.3 Å². The first-order valence-electron chi connectivity index (χ1n) is 14.3. The normalized spacial score (nSPS) is 12.5. The second-order valence-electron chi connectivity index (χ2n) is 12.5. The van der Waals surface area contributed by atoms with Gasteiger partial charge in [-0.25, -0.2) is 18.1 Å². The first-order valence-corrected chi connectivity index (χ1v) is 16.0. The monoisotopic (exact) mass is 668 g/mol. The molecule has 0 spiro atoms. The lowest BCUT2D eigenvalue weighted by Crippen LogP contribution is -2.27. The molecule has 12 nitrogen and oxygen atoms in total. The van der Waals surface area contributed by atoms with Crippen LogP contribution in [-0.4, -0.2) is 59.2 Å². The summed E-state index contributed by atoms with van der Waals surface area (Å²) in [4.78, 5) is 28.9. The molecule has 0 aliphatic heterocycles. The smallest absolute Gasteiger partial charge is 0.404 e. The molecule has 3 aromatic rings. The number of pyridine rings is 1. The Balaban J connectivity index is 1.77. The van der Waals surface area contributed by atoms with Crippen molar-refractivity contribution in [2.75, 3.05) is 22.4 Å². The van der Waals surface area contributed by atoms with E-state index in [4.69, 9.17) is 15.2 Å². The lowest BCUT2D eigenvalue weighted by molar-refractivity contribution is -0.154. The number of nitrogens with zero attached hydrogens (tertiary/aromatic N) is 3. The van der Waals surface area contributed by atoms with Crippen LogP contribution in [0.15, 0.2) is 42.6 Å². The first-order chi connectivity index (χ1) is 21.1. The summed E-state index contributed by atoms with van der Waals surface area (Å²) in [5.74, 6) is -2.01. The number of amides is 1. The summed E-state index contributed by atoms with van der Waals surface area (Å²) in [6.45, 7) is 11.4. The number of anilines is 3. The Kier molecular flexibility index (Phi) is 11.0. The zero-order chi connectivity index (χ0) is 34.5. The van der Waals surface area contributed by atoms with Gasteiger partial charge in [-0.2, -0.15) is 18.3 Å². The van der Waals surface area contributed by atoms with Crippen molar-refractivity contribution in [3.8, 4) is 17.0 Å². The molecule has 0 fully saturated rings. The van der Waals surface area contributed by atoms with Crippen LogP contribution in [0.2, 0.25) is 0 Å². The predicted octanol–water partition coefficient (Wildman–Crippen LogP) is 5.74. The second-order valence-corrected chi connectivity index (χ2v) is 14.2. The largest absolute Gasteiger partial charge is 0.492 e. The molecule has 2 aromatic heterocycles. The van der Waals surface area contributed by atoms with E-state index in [1.54, 1.807) is 16.8 Å². The van der Waals surface area contributed by atoms with Gasteiger partial charge in [-0.05, 0) is 78.6 Å². The van der Waals surface area contributed by atoms with Gasteiger partial charge < -0.3 is 20.5 Å². The maximum atomic E-state index is 12.7. The zero-order valence-electron chi connectivity index (χ0n) is 26.5. The number of ether oxygens (including phenoxy) is 2. The highest BCUT2D eigenvalue weighted by Crippen LogP contribution is 2.35. The standard InChI is InChI=1S/C30H39F3N6O6S/c1-28(2,3)39-27(36-22-15-14-21(17-35-22)44-16-8-7-9-23(40)45-29(4,5)6)24(26(34)41)25(37-39)19-10-12-20(13-11-19)38-46(42,43)18-30(31,32)33/h10-15,17,38H,7-9,16,18H2,1-6H3,(H2,34,41)(H,35,36). The van der Waals surface area contributed by atoms with Crippen molar-refractivity contribution >= 4 is 39.2 Å². The van der Waals surface area contributed by atoms with Gasteiger partial charge in [0.15, 0.2) is 5.75 Å². The number of primary amides is 1. The third-order valence-corrected chi connectivity index (χ3v) is 7.25. The van der Waals surface area contributed by atoms with Gasteiger partial charge in [-0.15, -0.1) is 0 Å². The number of hydrogen-bond donors (Lipinski definition) is 3. The molecular formula is C30H39F3N6O6S. The van der Waals surface area contributed by atoms with Crippen molar-refractivity contribution in [2.24, 2.45) is 5.73 Å². The minimum absolute atomic E-state index is 0.0208. The number of esters is 1. The molecule has 0 aliphatic rings. The van der Waals surface area contributed by atoms with Crippen molar-refractivity contribution in [3.63, 3.8) is 0 Å². The molecule has 0 bridgehead atoms. The average molecular weight is 669 g/mol. The SMILES string of the molecule is CC(C)(C)OC(=O)CCCCOc1ccc(Nc2c(C(N)=O)c(-c3ccc(NS(=O)(=O)CC(F)(F)F)cc3)nn2C(C)(C)C)nc1. The fourth-order valence-electron chi connectivity index (χ4n) is 4.20. The molecule has 0 saturated carbocycles. The topological polar surface area (TPSA) is 168 Å². The summed E-state index contributed by atoms with van der Waals surface area (Å²) in [5, 5.41) is 7.71. The van der Waals surface area contributed by atoms with Gasteiger partial charge in [0.1, 0.15) is 34.2 Å². The maximum absolute atomic E-state index is 12.7. The van der Waals surface area contributed by atoms with Gasteiger partial charge in [0, 0.05) is 17.7 Å². The number of rotatable bonds is 13. The van der Waals surface area contributed by atoms with Crippen LogP contribution in [0.4, 0.5) is 30.5 Å². The van der Waals surface area contributed by atoms with E-state index in [9.17, 15) is 31.2 Å². The number of carbonyl (C=O) groups excluding carboxylic acids is 2. The van der Waals surface area contributed by atoms with E-state index >= 15 is 0 Å². The molecule has 4 N–H and O–H groups in total. The first kappa shape index (κ1) is 36.1. The van der Waals surface area contributed by atoms with Crippen LogP contribution in [0.25, 0.3) is 11.3 Å². The Labute approximate surface area is 265 Å². The number of halogens is 3. The van der Waals surface area contributed by atoms with Crippen LogP contribution >= 0.6 is 0 Å². The van der Waals surface area contributed by atoms with Gasteiger partial charge in [0.05, 0.1) is 18.3 Å². The van der Waals surface area contributed by atoms with Gasteiger partial charge in [0.2, 0.25) is 10.0 Å². The highest BCUT2D eigenvalue weighted by molar-refractivity contribution is 7.92. The summed E-state index contributed by atoms with van der Waals surface area (Å²) in [5.41, 5.74) is 5.06. The molecule has 46 heavy (non-hydrogen) atoms. The molecular weight excluding hydrogens is 629 g/mol. The zero-order valence-corrected chi connectivity index (χ0v) is 27.3. The van der Waals surface area contributed by atoms with E-state index in [-0.39, 0.29) is 35.2 Å². The molecule has 2 heterocycles. The number of unbranched alkanes of at least 4 members (excludes halogenated alkanes) is 1. The highest BCUT2D eigenvalue weighted by atomic mass is 32.2. The molecule has 0 radical (unpaired) electrons. The molecule has 0 atom stereocenters. The Morgan fingerprint density at radius 1 is 0.978 bits per heavy atom. The van der Waals surface area contributed by atoms with Crippen LogP contribution in [0.3, 0.4) is 0 Å². The summed E-state index contributed by atoms with van der Waals surface area (Å²) >= 11 is 0. The number of nitrogens with two attached hydrogens (primary N) is 1. The van der Waals surface area contributed by atoms with Crippen molar-refractivity contribution in [1.29, 1.82) is 0 Å². The van der Waals surface area contributed by atoms with Gasteiger partial charge in [0.25, 0.3) is 5.91 Å². The summed E-state index contributed by atoms with van der Waals surface area (Å²) < 4.78 is 76.0. The maximum Gasteiger partial charge on any atom is 0.404 e. The van der Waals surface area contributed by atoms with Crippen molar-refractivity contribution in [2.45, 2.75) is 78.1 Å². The van der Waals surface area contributed by atoms with Crippen LogP contribution in [0, 0.1) is 0 Å². The van der Waals surface area contributed by atoms with Crippen molar-refractivity contribution < 1.29 is 40.7 Å². The molecule has 1 aromatic carbocycles. The van der Waals surface area contributed by atoms with Crippen molar-refractivity contribution in [1.82, 2.24) is 14.8 Å². The predicted molar refractivity (Wildman–Crippen MR) is 167 cm³/mol. The van der Waals surface area contributed by atoms with E-state index in [2.05, 4.69) is 15.4 Å².